The molecule has 35 heteroatoms. The van der Waals surface area contributed by atoms with Crippen molar-refractivity contribution in [3.05, 3.63) is 54.4 Å². The Balaban J connectivity index is 2.55. The van der Waals surface area contributed by atoms with Crippen molar-refractivity contribution in [3.8, 4) is 5.69 Å². The summed E-state index contributed by atoms with van der Waals surface area (Å²) < 4.78 is 1.80. The SMILES string of the molecule is CC(=O)N[C@@H](C)C(=O)N[C@@H](CCCN=C(N)N)C(=O)N[C@@H](CCCN=C(N)N)C(=O)NCC(=O)N[C@@H](CNC(=O)c1ccc(-n2cccc2)cc1)C(=O)N[C@@H](CC(C)C)C(=O)N[C@@H](CCCN=C(N)N)C(=O)N[C@@H](CCC(N)=O)C(=O)N[C@@H](C)C(=O)NCCS. The molecule has 0 saturated carbocycles. The van der Waals surface area contributed by atoms with Gasteiger partial charge in [0.25, 0.3) is 5.91 Å². The highest BCUT2D eigenvalue weighted by molar-refractivity contribution is 7.80. The van der Waals surface area contributed by atoms with Gasteiger partial charge in [0, 0.05) is 75.5 Å². The Labute approximate surface area is 527 Å². The summed E-state index contributed by atoms with van der Waals surface area (Å²) in [5.74, 6) is -10.5. The highest BCUT2D eigenvalue weighted by Crippen LogP contribution is 2.12. The molecule has 2 aromatic rings. The largest absolute Gasteiger partial charge is 0.370 e. The number of carbonyl (C=O) groups excluding carboxylic acids is 12. The van der Waals surface area contributed by atoms with E-state index in [4.69, 9.17) is 40.1 Å². The lowest BCUT2D eigenvalue weighted by Crippen LogP contribution is -2.60. The molecule has 34 nitrogen and oxygen atoms in total. The summed E-state index contributed by atoms with van der Waals surface area (Å²) in [7, 11) is 0. The number of aromatic nitrogens is 1. The summed E-state index contributed by atoms with van der Waals surface area (Å²) in [6, 6.07) is -0.866. The molecular formula is C55H90N22O12S. The summed E-state index contributed by atoms with van der Waals surface area (Å²) in [5.41, 5.74) is 39.2. The van der Waals surface area contributed by atoms with Crippen LogP contribution in [0.5, 0.6) is 0 Å². The first-order valence-electron chi connectivity index (χ1n) is 29.0. The van der Waals surface area contributed by atoms with Crippen LogP contribution in [-0.2, 0) is 52.7 Å². The summed E-state index contributed by atoms with van der Waals surface area (Å²) in [6.07, 6.45) is 2.92. The van der Waals surface area contributed by atoms with Crippen LogP contribution in [0, 0.1) is 5.92 Å². The summed E-state index contributed by atoms with van der Waals surface area (Å²) in [4.78, 5) is 173. The number of amides is 12. The molecule has 2 rings (SSSR count). The Bertz CT molecular complexity index is 2820. The van der Waals surface area contributed by atoms with Crippen molar-refractivity contribution in [2.24, 2.45) is 61.0 Å². The van der Waals surface area contributed by atoms with Gasteiger partial charge in [-0.3, -0.25) is 72.5 Å². The van der Waals surface area contributed by atoms with Crippen LogP contribution in [0.1, 0.15) is 103 Å². The van der Waals surface area contributed by atoms with Crippen LogP contribution in [0.25, 0.3) is 5.69 Å². The third kappa shape index (κ3) is 30.8. The lowest BCUT2D eigenvalue weighted by Gasteiger charge is -2.27. The van der Waals surface area contributed by atoms with E-state index >= 15 is 0 Å². The van der Waals surface area contributed by atoms with E-state index in [0.29, 0.717) is 5.75 Å². The first kappa shape index (κ1) is 76.4. The molecule has 1 aromatic carbocycles. The number of hydrogen-bond donors (Lipinski definition) is 19. The molecule has 0 bridgehead atoms. The molecule has 8 atom stereocenters. The number of guanidine groups is 3. The van der Waals surface area contributed by atoms with Crippen LogP contribution in [0.4, 0.5) is 0 Å². The van der Waals surface area contributed by atoms with Crippen LogP contribution >= 0.6 is 12.6 Å². The zero-order valence-corrected chi connectivity index (χ0v) is 52.2. The predicted octanol–water partition coefficient (Wildman–Crippen LogP) is -6.22. The average Bonchev–Trinajstić information content (AvgIpc) is 2.94. The number of hydrogen-bond acceptors (Lipinski definition) is 16. The highest BCUT2D eigenvalue weighted by atomic mass is 32.1. The van der Waals surface area contributed by atoms with Crippen LogP contribution in [0.2, 0.25) is 0 Å². The van der Waals surface area contributed by atoms with Crippen LogP contribution in [0.3, 0.4) is 0 Å². The lowest BCUT2D eigenvalue weighted by molar-refractivity contribution is -0.135. The van der Waals surface area contributed by atoms with E-state index in [1.807, 2.05) is 12.1 Å². The molecule has 0 radical (unpaired) electrons. The second-order valence-corrected chi connectivity index (χ2v) is 21.6. The van der Waals surface area contributed by atoms with Crippen molar-refractivity contribution in [1.29, 1.82) is 0 Å². The van der Waals surface area contributed by atoms with Gasteiger partial charge in [0.15, 0.2) is 17.9 Å². The van der Waals surface area contributed by atoms with Crippen LogP contribution in [-0.4, -0.2) is 187 Å². The number of primary amides is 1. The third-order valence-electron chi connectivity index (χ3n) is 12.9. The fourth-order valence-corrected chi connectivity index (χ4v) is 8.49. The van der Waals surface area contributed by atoms with E-state index in [9.17, 15) is 57.5 Å². The molecule has 0 fully saturated rings. The molecule has 0 aliphatic rings. The van der Waals surface area contributed by atoms with Crippen molar-refractivity contribution in [2.75, 3.05) is 45.0 Å². The maximum Gasteiger partial charge on any atom is 0.251 e. The molecule has 1 aromatic heterocycles. The Morgan fingerprint density at radius 2 is 0.922 bits per heavy atom. The van der Waals surface area contributed by atoms with Crippen molar-refractivity contribution < 1.29 is 57.5 Å². The number of carbonyl (C=O) groups is 12. The molecule has 0 aliphatic carbocycles. The van der Waals surface area contributed by atoms with Gasteiger partial charge in [0.1, 0.15) is 48.3 Å². The van der Waals surface area contributed by atoms with Gasteiger partial charge in [-0.1, -0.05) is 13.8 Å². The van der Waals surface area contributed by atoms with Gasteiger partial charge in [-0.15, -0.1) is 0 Å². The standard InChI is InChI=1S/C55H90N22O12S/c1-30(2)27-40(51(88)74-38(13-10-22-66-55(61)62)50(87)75-39(18-19-42(56)79)48(85)70-31(3)44(81)63-23-26-90)76-52(89)41(28-67-46(83)34-14-16-35(17-15-34)77-24-6-7-25-77)71-43(80)29-68-47(84)36(11-8-20-64-53(57)58)73-49(86)37(12-9-21-65-54(59)60)72-45(82)32(4)69-33(5)78/h6-7,14-17,24-25,30-32,36-41,90H,8-13,18-23,26-29H2,1-5H3,(H2,56,79)(H,63,81)(H,67,83)(H,68,84)(H,69,78)(H,70,85)(H,71,80)(H,72,82)(H,73,86)(H,74,88)(H,75,87)(H,76,89)(H4,57,58,64)(H4,59,60,65)(H4,61,62,66)/t31-,32-,36-,37-,38-,39-,40-,41-/m0/s1. The van der Waals surface area contributed by atoms with Gasteiger partial charge in [0.05, 0.1) is 6.54 Å². The number of nitrogens with zero attached hydrogens (tertiary/aromatic N) is 4. The summed E-state index contributed by atoms with van der Waals surface area (Å²) >= 11 is 4.06. The molecule has 0 aliphatic heterocycles. The minimum absolute atomic E-state index is 0.00912. The second kappa shape index (κ2) is 40.7. The van der Waals surface area contributed by atoms with E-state index in [-0.39, 0.29) is 113 Å². The summed E-state index contributed by atoms with van der Waals surface area (Å²) in [5, 5.41) is 27.9. The van der Waals surface area contributed by atoms with E-state index in [1.54, 1.807) is 42.9 Å². The molecule has 0 spiro atoms. The topological polar surface area (TPSA) is 561 Å². The molecule has 90 heavy (non-hydrogen) atoms. The van der Waals surface area contributed by atoms with E-state index in [2.05, 4.69) is 86.1 Å². The number of rotatable bonds is 41. The van der Waals surface area contributed by atoms with Crippen molar-refractivity contribution >= 4 is 101 Å². The smallest absolute Gasteiger partial charge is 0.251 e. The number of thiol groups is 1. The molecular weight excluding hydrogens is 1190 g/mol. The van der Waals surface area contributed by atoms with E-state index in [0.717, 1.165) is 5.69 Å². The number of aliphatic imine (C=N–C) groups is 3. The maximum atomic E-state index is 14.5. The number of nitrogens with one attached hydrogen (secondary N) is 11. The zero-order chi connectivity index (χ0) is 67.5. The molecule has 25 N–H and O–H groups in total. The minimum Gasteiger partial charge on any atom is -0.370 e. The zero-order valence-electron chi connectivity index (χ0n) is 51.3. The van der Waals surface area contributed by atoms with Crippen molar-refractivity contribution in [2.45, 2.75) is 141 Å². The molecule has 1 heterocycles. The Morgan fingerprint density at radius 1 is 0.489 bits per heavy atom. The molecule has 0 saturated heterocycles. The van der Waals surface area contributed by atoms with Crippen molar-refractivity contribution in [3.63, 3.8) is 0 Å². The monoisotopic (exact) mass is 1280 g/mol. The summed E-state index contributed by atoms with van der Waals surface area (Å²) in [6.45, 7) is 6.26. The quantitative estimate of drug-likeness (QED) is 0.0127. The van der Waals surface area contributed by atoms with Crippen LogP contribution < -0.4 is 98.6 Å². The number of benzene rings is 1. The lowest BCUT2D eigenvalue weighted by atomic mass is 10.0. The highest BCUT2D eigenvalue weighted by Gasteiger charge is 2.34. The third-order valence-corrected chi connectivity index (χ3v) is 13.2. The maximum absolute atomic E-state index is 14.5. The van der Waals surface area contributed by atoms with Gasteiger partial charge < -0.3 is 103 Å². The fourth-order valence-electron chi connectivity index (χ4n) is 8.38. The average molecular weight is 1280 g/mol. The predicted molar refractivity (Wildman–Crippen MR) is 338 cm³/mol. The van der Waals surface area contributed by atoms with Gasteiger partial charge in [-0.25, -0.2) is 0 Å². The van der Waals surface area contributed by atoms with Crippen LogP contribution in [0.15, 0.2) is 63.8 Å². The van der Waals surface area contributed by atoms with E-state index < -0.39 is 132 Å². The van der Waals surface area contributed by atoms with Gasteiger partial charge >= 0.3 is 0 Å². The minimum atomic E-state index is -1.68. The molecule has 12 amide bonds. The van der Waals surface area contributed by atoms with Gasteiger partial charge in [0.2, 0.25) is 65.0 Å². The molecule has 0 unspecified atom stereocenters. The number of nitrogens with two attached hydrogens (primary N) is 7. The first-order valence-corrected chi connectivity index (χ1v) is 29.7. The molecule has 498 valence electrons. The Kier molecular flexibility index (Phi) is 34.5. The van der Waals surface area contributed by atoms with Crippen molar-refractivity contribution in [1.82, 2.24) is 63.1 Å². The first-order chi connectivity index (χ1) is 42.5. The van der Waals surface area contributed by atoms with Gasteiger partial charge in [-0.2, -0.15) is 12.6 Å². The Morgan fingerprint density at radius 3 is 1.39 bits per heavy atom. The van der Waals surface area contributed by atoms with E-state index in [1.165, 1.54) is 32.9 Å². The fraction of sp³-hybridized carbons (Fsp3) is 0.545. The second-order valence-electron chi connectivity index (χ2n) is 21.1. The van der Waals surface area contributed by atoms with Gasteiger partial charge in [-0.05, 0) is 108 Å². The Hall–Kier alpha value is -9.70. The normalized spacial score (nSPS) is 13.4.